The topological polar surface area (TPSA) is 76.7 Å². The van der Waals surface area contributed by atoms with E-state index in [4.69, 9.17) is 9.47 Å². The maximum atomic E-state index is 12.4. The number of hydrogen-bond acceptors (Lipinski definition) is 4. The predicted molar refractivity (Wildman–Crippen MR) is 118 cm³/mol. The summed E-state index contributed by atoms with van der Waals surface area (Å²) in [5.74, 6) is 1.43. The predicted octanol–water partition coefficient (Wildman–Crippen LogP) is 5.48. The Labute approximate surface area is 178 Å². The van der Waals surface area contributed by atoms with Crippen molar-refractivity contribution >= 4 is 23.4 Å². The molecule has 1 saturated carbocycles. The number of ether oxygens (including phenoxy) is 2. The third-order valence-corrected chi connectivity index (χ3v) is 5.77. The minimum Gasteiger partial charge on any atom is -0.495 e. The van der Waals surface area contributed by atoms with Crippen molar-refractivity contribution < 1.29 is 19.1 Å². The number of aryl methyl sites for hydroxylation is 1. The van der Waals surface area contributed by atoms with Crippen LogP contribution in [0, 0.1) is 12.8 Å². The van der Waals surface area contributed by atoms with Gasteiger partial charge in [0, 0.05) is 12.1 Å². The van der Waals surface area contributed by atoms with Crippen LogP contribution in [0.5, 0.6) is 5.75 Å². The van der Waals surface area contributed by atoms with E-state index in [0.717, 1.165) is 36.9 Å². The van der Waals surface area contributed by atoms with Crippen LogP contribution in [0.25, 0.3) is 0 Å². The molecule has 2 aromatic carbocycles. The Morgan fingerprint density at radius 2 is 1.67 bits per heavy atom. The minimum atomic E-state index is -0.310. The largest absolute Gasteiger partial charge is 0.495 e. The van der Waals surface area contributed by atoms with Crippen LogP contribution in [0.15, 0.2) is 42.5 Å². The highest BCUT2D eigenvalue weighted by Gasteiger charge is 2.24. The zero-order chi connectivity index (χ0) is 21.5. The molecule has 0 spiro atoms. The smallest absolute Gasteiger partial charge is 0.323 e. The first-order valence-electron chi connectivity index (χ1n) is 10.4. The Balaban J connectivity index is 1.53. The highest BCUT2D eigenvalue weighted by molar-refractivity contribution is 6.00. The number of esters is 1. The van der Waals surface area contributed by atoms with E-state index in [1.807, 2.05) is 37.3 Å². The monoisotopic (exact) mass is 410 g/mol. The normalized spacial score (nSPS) is 18.4. The molecule has 0 aromatic heterocycles. The highest BCUT2D eigenvalue weighted by Crippen LogP contribution is 2.37. The lowest BCUT2D eigenvalue weighted by molar-refractivity contribution is -0.142. The first-order valence-corrected chi connectivity index (χ1v) is 10.4. The van der Waals surface area contributed by atoms with Crippen molar-refractivity contribution in [2.75, 3.05) is 24.9 Å². The Morgan fingerprint density at radius 3 is 2.30 bits per heavy atom. The van der Waals surface area contributed by atoms with Crippen LogP contribution in [0.1, 0.15) is 49.1 Å². The summed E-state index contributed by atoms with van der Waals surface area (Å²) >= 11 is 0. The Bertz CT molecular complexity index is 871. The summed E-state index contributed by atoms with van der Waals surface area (Å²) in [6.07, 6.45) is 4.75. The fourth-order valence-corrected chi connectivity index (χ4v) is 4.06. The quantitative estimate of drug-likeness (QED) is 0.618. The molecule has 0 bridgehead atoms. The fraction of sp³-hybridized carbons (Fsp3) is 0.417. The van der Waals surface area contributed by atoms with Gasteiger partial charge in [-0.25, -0.2) is 4.79 Å². The van der Waals surface area contributed by atoms with Crippen molar-refractivity contribution in [1.29, 1.82) is 0 Å². The van der Waals surface area contributed by atoms with E-state index in [1.165, 1.54) is 12.7 Å². The third kappa shape index (κ3) is 5.75. The van der Waals surface area contributed by atoms with Crippen LogP contribution in [0.2, 0.25) is 0 Å². The molecule has 2 N–H and O–H groups in total. The minimum absolute atomic E-state index is 0.115. The van der Waals surface area contributed by atoms with Gasteiger partial charge in [-0.3, -0.25) is 4.79 Å². The molecule has 0 saturated heterocycles. The highest BCUT2D eigenvalue weighted by atomic mass is 16.5. The number of anilines is 2. The first-order chi connectivity index (χ1) is 14.5. The van der Waals surface area contributed by atoms with Gasteiger partial charge in [-0.05, 0) is 79.8 Å². The van der Waals surface area contributed by atoms with E-state index in [2.05, 4.69) is 22.8 Å². The van der Waals surface area contributed by atoms with Crippen molar-refractivity contribution in [2.45, 2.75) is 44.9 Å². The molecule has 0 unspecified atom stereocenters. The standard InChI is InChI=1S/C24H30N2O4/c1-16-4-13-22(29-2)21(14-16)26-24(28)25-20-11-9-19(10-12-20)18-7-5-17(6-8-18)15-23(27)30-3/h4,9-14,17-18H,5-8,15H2,1-3H3,(H2,25,26,28). The lowest BCUT2D eigenvalue weighted by Crippen LogP contribution is -2.20. The van der Waals surface area contributed by atoms with Crippen LogP contribution in [0.4, 0.5) is 16.2 Å². The van der Waals surface area contributed by atoms with Gasteiger partial charge in [-0.15, -0.1) is 0 Å². The second kappa shape index (κ2) is 10.1. The summed E-state index contributed by atoms with van der Waals surface area (Å²) in [7, 11) is 3.02. The zero-order valence-corrected chi connectivity index (χ0v) is 17.9. The van der Waals surface area contributed by atoms with E-state index in [9.17, 15) is 9.59 Å². The molecule has 30 heavy (non-hydrogen) atoms. The molecule has 0 aliphatic heterocycles. The molecule has 2 amide bonds. The number of methoxy groups -OCH3 is 2. The maximum absolute atomic E-state index is 12.4. The molecule has 160 valence electrons. The molecule has 1 fully saturated rings. The van der Waals surface area contributed by atoms with Crippen LogP contribution < -0.4 is 15.4 Å². The van der Waals surface area contributed by atoms with Crippen LogP contribution in [-0.2, 0) is 9.53 Å². The van der Waals surface area contributed by atoms with Crippen LogP contribution in [-0.4, -0.2) is 26.2 Å². The molecular weight excluding hydrogens is 380 g/mol. The number of hydrogen-bond donors (Lipinski definition) is 2. The van der Waals surface area contributed by atoms with Gasteiger partial charge >= 0.3 is 12.0 Å². The van der Waals surface area contributed by atoms with Crippen molar-refractivity contribution in [1.82, 2.24) is 0 Å². The molecule has 6 heteroatoms. The molecule has 1 aliphatic carbocycles. The van der Waals surface area contributed by atoms with E-state index >= 15 is 0 Å². The maximum Gasteiger partial charge on any atom is 0.323 e. The van der Waals surface area contributed by atoms with E-state index in [-0.39, 0.29) is 12.0 Å². The molecule has 6 nitrogen and oxygen atoms in total. The van der Waals surface area contributed by atoms with E-state index < -0.39 is 0 Å². The summed E-state index contributed by atoms with van der Waals surface area (Å²) < 4.78 is 10.1. The van der Waals surface area contributed by atoms with Gasteiger partial charge in [0.15, 0.2) is 0 Å². The lowest BCUT2D eigenvalue weighted by Gasteiger charge is -2.28. The molecule has 0 radical (unpaired) electrons. The summed E-state index contributed by atoms with van der Waals surface area (Å²) in [5, 5.41) is 5.71. The van der Waals surface area contributed by atoms with Gasteiger partial charge in [-0.2, -0.15) is 0 Å². The van der Waals surface area contributed by atoms with Crippen molar-refractivity contribution in [3.8, 4) is 5.75 Å². The zero-order valence-electron chi connectivity index (χ0n) is 17.9. The Kier molecular flexibility index (Phi) is 7.33. The molecule has 0 atom stereocenters. The van der Waals surface area contributed by atoms with Crippen LogP contribution in [0.3, 0.4) is 0 Å². The van der Waals surface area contributed by atoms with Crippen molar-refractivity contribution in [3.05, 3.63) is 53.6 Å². The number of carbonyl (C=O) groups is 2. The summed E-state index contributed by atoms with van der Waals surface area (Å²) in [6, 6.07) is 13.4. The number of urea groups is 1. The second-order valence-electron chi connectivity index (χ2n) is 7.90. The summed E-state index contributed by atoms with van der Waals surface area (Å²) in [6.45, 7) is 1.96. The molecule has 2 aromatic rings. The average Bonchev–Trinajstić information content (AvgIpc) is 2.75. The Morgan fingerprint density at radius 1 is 0.967 bits per heavy atom. The molecule has 3 rings (SSSR count). The SMILES string of the molecule is COC(=O)CC1CCC(c2ccc(NC(=O)Nc3cc(C)ccc3OC)cc2)CC1. The molecular formula is C24H30N2O4. The molecule has 1 aliphatic rings. The van der Waals surface area contributed by atoms with E-state index in [0.29, 0.717) is 29.7 Å². The van der Waals surface area contributed by atoms with Gasteiger partial charge in [0.05, 0.1) is 19.9 Å². The fourth-order valence-electron chi connectivity index (χ4n) is 4.06. The van der Waals surface area contributed by atoms with Crippen molar-refractivity contribution in [2.24, 2.45) is 5.92 Å². The summed E-state index contributed by atoms with van der Waals surface area (Å²) in [4.78, 5) is 23.8. The first kappa shape index (κ1) is 21.7. The van der Waals surface area contributed by atoms with Gasteiger partial charge in [0.2, 0.25) is 0 Å². The van der Waals surface area contributed by atoms with Gasteiger partial charge in [-0.1, -0.05) is 18.2 Å². The number of amides is 2. The second-order valence-corrected chi connectivity index (χ2v) is 7.90. The number of rotatable bonds is 6. The average molecular weight is 411 g/mol. The third-order valence-electron chi connectivity index (χ3n) is 5.77. The van der Waals surface area contributed by atoms with Gasteiger partial charge in [0.1, 0.15) is 5.75 Å². The van der Waals surface area contributed by atoms with Gasteiger partial charge < -0.3 is 20.1 Å². The number of carbonyl (C=O) groups excluding carboxylic acids is 2. The van der Waals surface area contributed by atoms with Crippen molar-refractivity contribution in [3.63, 3.8) is 0 Å². The van der Waals surface area contributed by atoms with Gasteiger partial charge in [0.25, 0.3) is 0 Å². The number of nitrogens with one attached hydrogen (secondary N) is 2. The molecule has 0 heterocycles. The summed E-state index contributed by atoms with van der Waals surface area (Å²) in [5.41, 5.74) is 3.69. The van der Waals surface area contributed by atoms with Crippen LogP contribution >= 0.6 is 0 Å². The lowest BCUT2D eigenvalue weighted by atomic mass is 9.77. The van der Waals surface area contributed by atoms with E-state index in [1.54, 1.807) is 7.11 Å². The number of benzene rings is 2. The Hall–Kier alpha value is -3.02.